The summed E-state index contributed by atoms with van der Waals surface area (Å²) in [5.41, 5.74) is 6.65. The summed E-state index contributed by atoms with van der Waals surface area (Å²) < 4.78 is 0. The van der Waals surface area contributed by atoms with Gasteiger partial charge in [0.25, 0.3) is 0 Å². The molecule has 0 nitrogen and oxygen atoms in total. The van der Waals surface area contributed by atoms with Gasteiger partial charge in [0.1, 0.15) is 0 Å². The van der Waals surface area contributed by atoms with Crippen molar-refractivity contribution in [2.24, 2.45) is 0 Å². The van der Waals surface area contributed by atoms with Crippen molar-refractivity contribution in [2.75, 3.05) is 0 Å². The fourth-order valence-electron chi connectivity index (χ4n) is 3.56. The molecule has 0 unspecified atom stereocenters. The molecule has 0 N–H and O–H groups in total. The first kappa shape index (κ1) is 18.5. The van der Waals surface area contributed by atoms with Gasteiger partial charge in [-0.2, -0.15) is 0 Å². The third kappa shape index (κ3) is 5.08. The number of rotatable bonds is 9. The molecule has 3 aromatic carbocycles. The minimum atomic E-state index is 1.20. The van der Waals surface area contributed by atoms with Gasteiger partial charge in [-0.15, -0.1) is 0 Å². The van der Waals surface area contributed by atoms with E-state index in [1.807, 2.05) is 0 Å². The molecule has 0 bridgehead atoms. The average Bonchev–Trinajstić information content (AvgIpc) is 2.72. The minimum Gasteiger partial charge on any atom is -0.0654 e. The van der Waals surface area contributed by atoms with E-state index >= 15 is 0 Å². The topological polar surface area (TPSA) is 0 Å². The molecule has 0 amide bonds. The molecule has 0 spiro atoms. The monoisotopic (exact) mass is 342 g/mol. The highest BCUT2D eigenvalue weighted by Gasteiger charge is 2.06. The van der Waals surface area contributed by atoms with Crippen LogP contribution in [0.5, 0.6) is 0 Å². The van der Waals surface area contributed by atoms with Crippen molar-refractivity contribution in [3.05, 3.63) is 84.4 Å². The first-order chi connectivity index (χ1) is 12.9. The second-order valence-corrected chi connectivity index (χ2v) is 7.13. The van der Waals surface area contributed by atoms with Crippen molar-refractivity contribution >= 4 is 0 Å². The van der Waals surface area contributed by atoms with Crippen LogP contribution >= 0.6 is 0 Å². The quantitative estimate of drug-likeness (QED) is 0.346. The molecule has 0 atom stereocenters. The van der Waals surface area contributed by atoms with Crippen LogP contribution in [-0.2, 0) is 6.42 Å². The second kappa shape index (κ2) is 9.97. The lowest BCUT2D eigenvalue weighted by Gasteiger charge is -2.11. The summed E-state index contributed by atoms with van der Waals surface area (Å²) in [4.78, 5) is 0. The number of hydrogen-bond donors (Lipinski definition) is 0. The molecule has 26 heavy (non-hydrogen) atoms. The highest BCUT2D eigenvalue weighted by atomic mass is 14.1. The molecule has 0 aliphatic heterocycles. The number of aryl methyl sites for hydroxylation is 1. The van der Waals surface area contributed by atoms with Crippen LogP contribution in [-0.4, -0.2) is 0 Å². The van der Waals surface area contributed by atoms with Crippen molar-refractivity contribution in [3.8, 4) is 22.3 Å². The normalized spacial score (nSPS) is 10.8. The molecule has 134 valence electrons. The predicted molar refractivity (Wildman–Crippen MR) is 114 cm³/mol. The minimum absolute atomic E-state index is 1.20. The third-order valence-corrected chi connectivity index (χ3v) is 5.10. The van der Waals surface area contributed by atoms with Gasteiger partial charge in [-0.25, -0.2) is 0 Å². The molecule has 0 aliphatic carbocycles. The number of benzene rings is 3. The summed E-state index contributed by atoms with van der Waals surface area (Å²) in [7, 11) is 0. The Balaban J connectivity index is 1.66. The molecule has 0 saturated heterocycles. The summed E-state index contributed by atoms with van der Waals surface area (Å²) in [5.74, 6) is 0. The van der Waals surface area contributed by atoms with E-state index < -0.39 is 0 Å². The van der Waals surface area contributed by atoms with Gasteiger partial charge in [0, 0.05) is 0 Å². The van der Waals surface area contributed by atoms with Gasteiger partial charge in [-0.05, 0) is 40.7 Å². The average molecular weight is 343 g/mol. The van der Waals surface area contributed by atoms with Crippen LogP contribution in [0.15, 0.2) is 78.9 Å². The first-order valence-corrected chi connectivity index (χ1v) is 10.1. The molecule has 0 fully saturated rings. The Labute approximate surface area is 158 Å². The Morgan fingerprint density at radius 3 is 1.69 bits per heavy atom. The maximum atomic E-state index is 2.31. The van der Waals surface area contributed by atoms with E-state index in [4.69, 9.17) is 0 Å². The molecule has 3 aromatic rings. The largest absolute Gasteiger partial charge is 0.0654 e. The van der Waals surface area contributed by atoms with Crippen LogP contribution in [0.1, 0.15) is 51.0 Å². The number of hydrogen-bond acceptors (Lipinski definition) is 0. The van der Waals surface area contributed by atoms with E-state index in [-0.39, 0.29) is 0 Å². The van der Waals surface area contributed by atoms with Gasteiger partial charge in [0.15, 0.2) is 0 Å². The van der Waals surface area contributed by atoms with Crippen LogP contribution < -0.4 is 0 Å². The van der Waals surface area contributed by atoms with Crippen LogP contribution in [0.4, 0.5) is 0 Å². The molecule has 0 aromatic heterocycles. The summed E-state index contributed by atoms with van der Waals surface area (Å²) in [5, 5.41) is 0. The molecule has 0 heteroatoms. The van der Waals surface area contributed by atoms with Crippen LogP contribution in [0, 0.1) is 0 Å². The van der Waals surface area contributed by atoms with E-state index in [0.29, 0.717) is 0 Å². The second-order valence-electron chi connectivity index (χ2n) is 7.13. The van der Waals surface area contributed by atoms with Crippen LogP contribution in [0.25, 0.3) is 22.3 Å². The zero-order valence-corrected chi connectivity index (χ0v) is 16.0. The molecular formula is C26H30. The Morgan fingerprint density at radius 2 is 1.04 bits per heavy atom. The van der Waals surface area contributed by atoms with Gasteiger partial charge in [0.05, 0.1) is 0 Å². The van der Waals surface area contributed by atoms with Gasteiger partial charge < -0.3 is 0 Å². The van der Waals surface area contributed by atoms with E-state index in [1.165, 1.54) is 72.8 Å². The Morgan fingerprint density at radius 1 is 0.500 bits per heavy atom. The lowest BCUT2D eigenvalue weighted by atomic mass is 9.93. The predicted octanol–water partition coefficient (Wildman–Crippen LogP) is 7.92. The van der Waals surface area contributed by atoms with Gasteiger partial charge in [-0.1, -0.05) is 118 Å². The zero-order valence-electron chi connectivity index (χ0n) is 16.0. The first-order valence-electron chi connectivity index (χ1n) is 10.1. The van der Waals surface area contributed by atoms with E-state index in [9.17, 15) is 0 Å². The number of unbranched alkanes of at least 4 members (excludes halogenated alkanes) is 5. The van der Waals surface area contributed by atoms with Gasteiger partial charge >= 0.3 is 0 Å². The molecule has 0 saturated carbocycles. The van der Waals surface area contributed by atoms with Crippen molar-refractivity contribution < 1.29 is 0 Å². The van der Waals surface area contributed by atoms with Gasteiger partial charge in [-0.3, -0.25) is 0 Å². The Hall–Kier alpha value is -2.34. The SMILES string of the molecule is CCCCCCCCc1ccc(-c2ccccc2-c2ccccc2)cc1. The highest BCUT2D eigenvalue weighted by Crippen LogP contribution is 2.32. The summed E-state index contributed by atoms with van der Waals surface area (Å²) in [6, 6.07) is 28.5. The van der Waals surface area contributed by atoms with Crippen molar-refractivity contribution in [1.82, 2.24) is 0 Å². The lowest BCUT2D eigenvalue weighted by molar-refractivity contribution is 0.607. The smallest absolute Gasteiger partial charge is 0.0105 e. The molecule has 3 rings (SSSR count). The highest BCUT2D eigenvalue weighted by molar-refractivity contribution is 5.83. The van der Waals surface area contributed by atoms with Crippen LogP contribution in [0.3, 0.4) is 0 Å². The van der Waals surface area contributed by atoms with Crippen molar-refractivity contribution in [2.45, 2.75) is 51.9 Å². The Bertz CT molecular complexity index is 769. The summed E-state index contributed by atoms with van der Waals surface area (Å²) in [6.45, 7) is 2.28. The fourth-order valence-corrected chi connectivity index (χ4v) is 3.56. The standard InChI is InChI=1S/C26H30/c1-2-3-4-5-6-8-13-22-18-20-24(21-19-22)26-17-12-11-16-25(26)23-14-9-7-10-15-23/h7,9-12,14-21H,2-6,8,13H2,1H3. The van der Waals surface area contributed by atoms with Crippen molar-refractivity contribution in [1.29, 1.82) is 0 Å². The van der Waals surface area contributed by atoms with E-state index in [2.05, 4.69) is 85.8 Å². The molecule has 0 aliphatic rings. The maximum Gasteiger partial charge on any atom is -0.0105 e. The van der Waals surface area contributed by atoms with E-state index in [1.54, 1.807) is 0 Å². The molecule has 0 heterocycles. The molecular weight excluding hydrogens is 312 g/mol. The Kier molecular flexibility index (Phi) is 7.07. The zero-order chi connectivity index (χ0) is 18.0. The maximum absolute atomic E-state index is 2.31. The summed E-state index contributed by atoms with van der Waals surface area (Å²) >= 11 is 0. The fraction of sp³-hybridized carbons (Fsp3) is 0.308. The van der Waals surface area contributed by atoms with Gasteiger partial charge in [0.2, 0.25) is 0 Å². The summed E-state index contributed by atoms with van der Waals surface area (Å²) in [6.07, 6.45) is 9.36. The third-order valence-electron chi connectivity index (χ3n) is 5.10. The molecule has 0 radical (unpaired) electrons. The lowest BCUT2D eigenvalue weighted by Crippen LogP contribution is -1.88. The van der Waals surface area contributed by atoms with Crippen LogP contribution in [0.2, 0.25) is 0 Å². The van der Waals surface area contributed by atoms with E-state index in [0.717, 1.165) is 0 Å². The van der Waals surface area contributed by atoms with Crippen molar-refractivity contribution in [3.63, 3.8) is 0 Å².